The second-order valence-corrected chi connectivity index (χ2v) is 7.30. The first-order valence-corrected chi connectivity index (χ1v) is 9.50. The molecule has 0 bridgehead atoms. The topological polar surface area (TPSA) is 207 Å². The number of aliphatic hydroxyl groups excluding tert-OH is 3. The number of fused-ring (bicyclic) bond motifs is 1. The van der Waals surface area contributed by atoms with E-state index in [1.54, 1.807) is 0 Å². The third-order valence-electron chi connectivity index (χ3n) is 5.14. The van der Waals surface area contributed by atoms with Crippen molar-refractivity contribution in [2.45, 2.75) is 30.7 Å². The molecule has 12 nitrogen and oxygen atoms in total. The number of hydrogen-bond donors (Lipinski definition) is 7. The highest BCUT2D eigenvalue weighted by atomic mass is 16.7. The van der Waals surface area contributed by atoms with Crippen molar-refractivity contribution in [1.29, 1.82) is 0 Å². The summed E-state index contributed by atoms with van der Waals surface area (Å²) in [4.78, 5) is 24.6. The van der Waals surface area contributed by atoms with E-state index in [1.807, 2.05) is 0 Å². The molecular weight excluding hydrogens is 444 g/mol. The molecule has 2 aromatic carbocycles. The van der Waals surface area contributed by atoms with Crippen molar-refractivity contribution in [3.8, 4) is 34.3 Å². The zero-order chi connectivity index (χ0) is 24.0. The van der Waals surface area contributed by atoms with Crippen molar-refractivity contribution >= 4 is 16.9 Å². The van der Waals surface area contributed by atoms with Crippen LogP contribution in [0.5, 0.6) is 23.0 Å². The number of carboxylic acid groups (broad SMARTS) is 1. The molecule has 0 aliphatic carbocycles. The molecule has 1 aromatic heterocycles. The average molecular weight is 462 g/mol. The van der Waals surface area contributed by atoms with Crippen molar-refractivity contribution in [2.24, 2.45) is 0 Å². The summed E-state index contributed by atoms with van der Waals surface area (Å²) in [6, 6.07) is 7.41. The molecule has 7 N–H and O–H groups in total. The Hall–Kier alpha value is -3.84. The molecule has 0 unspecified atom stereocenters. The molecule has 33 heavy (non-hydrogen) atoms. The van der Waals surface area contributed by atoms with Gasteiger partial charge in [0.1, 0.15) is 35.0 Å². The lowest BCUT2D eigenvalue weighted by molar-refractivity contribution is -0.271. The van der Waals surface area contributed by atoms with Gasteiger partial charge in [0, 0.05) is 5.56 Å². The standard InChI is InChI=1S/C21H18O12/c22-8-5-4-7(6-10(8)24)17-18(13(25)12-9(23)2-1-3-11(12)31-17)32-21-16(28)14(26)15(27)19(33-21)20(29)30/h1-6,14-16,19,21-24,26-28H,(H,29,30)/t14-,15-,16+,19-,21+/m0/s1. The highest BCUT2D eigenvalue weighted by Gasteiger charge is 2.48. The van der Waals surface area contributed by atoms with E-state index in [2.05, 4.69) is 0 Å². The van der Waals surface area contributed by atoms with E-state index in [0.717, 1.165) is 12.1 Å². The van der Waals surface area contributed by atoms with Gasteiger partial charge in [0.05, 0.1) is 0 Å². The van der Waals surface area contributed by atoms with Crippen LogP contribution in [0.3, 0.4) is 0 Å². The summed E-state index contributed by atoms with van der Waals surface area (Å²) in [6.07, 6.45) is -9.89. The third-order valence-corrected chi connectivity index (χ3v) is 5.14. The van der Waals surface area contributed by atoms with Crippen LogP contribution < -0.4 is 10.2 Å². The zero-order valence-corrected chi connectivity index (χ0v) is 16.5. The maximum Gasteiger partial charge on any atom is 0.335 e. The van der Waals surface area contributed by atoms with Gasteiger partial charge in [-0.15, -0.1) is 0 Å². The van der Waals surface area contributed by atoms with E-state index in [9.17, 15) is 45.3 Å². The Morgan fingerprint density at radius 3 is 2.30 bits per heavy atom. The number of aliphatic hydroxyl groups is 3. The molecule has 5 atom stereocenters. The monoisotopic (exact) mass is 462 g/mol. The predicted octanol–water partition coefficient (Wildman–Crippen LogP) is -0.152. The van der Waals surface area contributed by atoms with E-state index in [0.29, 0.717) is 0 Å². The fourth-order valence-electron chi connectivity index (χ4n) is 3.43. The molecular formula is C21H18O12. The number of ether oxygens (including phenoxy) is 2. The van der Waals surface area contributed by atoms with Crippen molar-refractivity contribution in [3.05, 3.63) is 46.6 Å². The minimum Gasteiger partial charge on any atom is -0.507 e. The number of aromatic hydroxyl groups is 3. The minimum atomic E-state index is -1.99. The quantitative estimate of drug-likeness (QED) is 0.253. The van der Waals surface area contributed by atoms with Gasteiger partial charge in [-0.2, -0.15) is 0 Å². The summed E-state index contributed by atoms with van der Waals surface area (Å²) in [7, 11) is 0. The molecule has 4 rings (SSSR count). The number of hydrogen-bond acceptors (Lipinski definition) is 11. The van der Waals surface area contributed by atoms with Gasteiger partial charge in [0.25, 0.3) is 0 Å². The first-order chi connectivity index (χ1) is 15.6. The van der Waals surface area contributed by atoms with Crippen LogP contribution in [0.2, 0.25) is 0 Å². The maximum absolute atomic E-state index is 13.2. The molecule has 1 saturated heterocycles. The molecule has 1 fully saturated rings. The first kappa shape index (κ1) is 22.4. The molecule has 2 heterocycles. The van der Waals surface area contributed by atoms with Crippen LogP contribution in [0.1, 0.15) is 0 Å². The largest absolute Gasteiger partial charge is 0.507 e. The maximum atomic E-state index is 13.2. The Balaban J connectivity index is 1.89. The van der Waals surface area contributed by atoms with Gasteiger partial charge in [-0.1, -0.05) is 6.07 Å². The van der Waals surface area contributed by atoms with E-state index < -0.39 is 65.1 Å². The molecule has 0 spiro atoms. The Kier molecular flexibility index (Phi) is 5.59. The van der Waals surface area contributed by atoms with Crippen LogP contribution in [-0.2, 0) is 9.53 Å². The van der Waals surface area contributed by atoms with Gasteiger partial charge < -0.3 is 49.6 Å². The summed E-state index contributed by atoms with van der Waals surface area (Å²) >= 11 is 0. The van der Waals surface area contributed by atoms with Gasteiger partial charge in [-0.3, -0.25) is 4.79 Å². The van der Waals surface area contributed by atoms with Crippen LogP contribution in [0.4, 0.5) is 0 Å². The van der Waals surface area contributed by atoms with E-state index in [4.69, 9.17) is 13.9 Å². The Morgan fingerprint density at radius 1 is 0.909 bits per heavy atom. The van der Waals surface area contributed by atoms with Crippen LogP contribution in [0, 0.1) is 0 Å². The van der Waals surface area contributed by atoms with E-state index in [1.165, 1.54) is 24.3 Å². The van der Waals surface area contributed by atoms with Crippen LogP contribution in [-0.4, -0.2) is 72.4 Å². The SMILES string of the molecule is O=C(O)[C@H]1O[C@@H](Oc2c(-c3ccc(O)c(O)c3)oc3cccc(O)c3c2=O)[C@H](O)[C@@H](O)[C@@H]1O. The molecule has 0 amide bonds. The van der Waals surface area contributed by atoms with Crippen LogP contribution >= 0.6 is 0 Å². The fraction of sp³-hybridized carbons (Fsp3) is 0.238. The van der Waals surface area contributed by atoms with Crippen LogP contribution in [0.25, 0.3) is 22.3 Å². The minimum absolute atomic E-state index is 0.0308. The van der Waals surface area contributed by atoms with Crippen LogP contribution in [0.15, 0.2) is 45.6 Å². The first-order valence-electron chi connectivity index (χ1n) is 9.50. The predicted molar refractivity (Wildman–Crippen MR) is 108 cm³/mol. The number of benzene rings is 2. The normalized spacial score (nSPS) is 25.1. The number of rotatable bonds is 4. The van der Waals surface area contributed by atoms with Crippen molar-refractivity contribution < 1.29 is 54.4 Å². The van der Waals surface area contributed by atoms with Crippen molar-refractivity contribution in [2.75, 3.05) is 0 Å². The highest BCUT2D eigenvalue weighted by molar-refractivity contribution is 5.87. The summed E-state index contributed by atoms with van der Waals surface area (Å²) in [6.45, 7) is 0. The number of carboxylic acids is 1. The van der Waals surface area contributed by atoms with Gasteiger partial charge in [-0.05, 0) is 30.3 Å². The van der Waals surface area contributed by atoms with Gasteiger partial charge in [0.2, 0.25) is 17.5 Å². The Morgan fingerprint density at radius 2 is 1.64 bits per heavy atom. The number of phenols is 3. The second kappa shape index (κ2) is 8.26. The lowest BCUT2D eigenvalue weighted by Crippen LogP contribution is -2.61. The number of carbonyl (C=O) groups is 1. The average Bonchev–Trinajstić information content (AvgIpc) is 2.77. The summed E-state index contributed by atoms with van der Waals surface area (Å²) in [5, 5.41) is 68.6. The molecule has 12 heteroatoms. The Bertz CT molecular complexity index is 1280. The molecule has 1 aliphatic rings. The summed E-state index contributed by atoms with van der Waals surface area (Å²) < 4.78 is 16.2. The third kappa shape index (κ3) is 3.81. The lowest BCUT2D eigenvalue weighted by atomic mass is 9.99. The molecule has 3 aromatic rings. The number of aliphatic carboxylic acids is 1. The highest BCUT2D eigenvalue weighted by Crippen LogP contribution is 2.38. The zero-order valence-electron chi connectivity index (χ0n) is 16.5. The molecule has 0 radical (unpaired) electrons. The summed E-state index contributed by atoms with van der Waals surface area (Å²) in [5.41, 5.74) is -0.984. The molecule has 174 valence electrons. The second-order valence-electron chi connectivity index (χ2n) is 7.30. The van der Waals surface area contributed by atoms with E-state index in [-0.39, 0.29) is 22.3 Å². The lowest BCUT2D eigenvalue weighted by Gasteiger charge is -2.38. The Labute approximate surface area is 183 Å². The molecule has 1 aliphatic heterocycles. The smallest absolute Gasteiger partial charge is 0.335 e. The molecule has 0 saturated carbocycles. The summed E-state index contributed by atoms with van der Waals surface area (Å²) in [5.74, 6) is -4.13. The van der Waals surface area contributed by atoms with Crippen molar-refractivity contribution in [3.63, 3.8) is 0 Å². The van der Waals surface area contributed by atoms with Gasteiger partial charge in [-0.25, -0.2) is 4.79 Å². The number of phenolic OH excluding ortho intramolecular Hbond substituents is 3. The van der Waals surface area contributed by atoms with Gasteiger partial charge in [0.15, 0.2) is 23.4 Å². The fourth-order valence-corrected chi connectivity index (χ4v) is 3.43. The van der Waals surface area contributed by atoms with Gasteiger partial charge >= 0.3 is 5.97 Å². The van der Waals surface area contributed by atoms with E-state index >= 15 is 0 Å². The van der Waals surface area contributed by atoms with Crippen molar-refractivity contribution in [1.82, 2.24) is 0 Å².